The Morgan fingerprint density at radius 1 is 1.27 bits per heavy atom. The fraction of sp³-hybridized carbons (Fsp3) is 0.375. The second-order valence-electron chi connectivity index (χ2n) is 5.26. The first-order valence-corrected chi connectivity index (χ1v) is 8.25. The SMILES string of the molecule is O=C(O)c1csc(-c2ccc(OCCN3CCCC3)cc2)n1. The fourth-order valence-electron chi connectivity index (χ4n) is 2.50. The number of hydrogen-bond donors (Lipinski definition) is 1. The molecule has 2 aromatic rings. The van der Waals surface area contributed by atoms with Crippen LogP contribution in [0, 0.1) is 0 Å². The van der Waals surface area contributed by atoms with Crippen LogP contribution in [0.3, 0.4) is 0 Å². The minimum absolute atomic E-state index is 0.0888. The molecular weight excluding hydrogens is 300 g/mol. The first kappa shape index (κ1) is 15.0. The molecule has 0 amide bonds. The first-order valence-electron chi connectivity index (χ1n) is 7.37. The summed E-state index contributed by atoms with van der Waals surface area (Å²) >= 11 is 1.33. The molecule has 0 atom stereocenters. The molecular formula is C16H18N2O3S. The van der Waals surface area contributed by atoms with E-state index >= 15 is 0 Å². The van der Waals surface area contributed by atoms with E-state index < -0.39 is 5.97 Å². The Bertz CT molecular complexity index is 633. The third-order valence-corrected chi connectivity index (χ3v) is 4.59. The summed E-state index contributed by atoms with van der Waals surface area (Å²) in [6.45, 7) is 4.02. The van der Waals surface area contributed by atoms with Crippen molar-refractivity contribution in [3.63, 3.8) is 0 Å². The van der Waals surface area contributed by atoms with Gasteiger partial charge in [-0.2, -0.15) is 0 Å². The van der Waals surface area contributed by atoms with Gasteiger partial charge in [0, 0.05) is 17.5 Å². The molecule has 116 valence electrons. The van der Waals surface area contributed by atoms with Crippen LogP contribution < -0.4 is 4.74 Å². The monoisotopic (exact) mass is 318 g/mol. The lowest BCUT2D eigenvalue weighted by Gasteiger charge is -2.14. The number of rotatable bonds is 6. The van der Waals surface area contributed by atoms with Crippen molar-refractivity contribution in [3.8, 4) is 16.3 Å². The van der Waals surface area contributed by atoms with Gasteiger partial charge >= 0.3 is 5.97 Å². The maximum Gasteiger partial charge on any atom is 0.355 e. The van der Waals surface area contributed by atoms with E-state index in [9.17, 15) is 4.79 Å². The predicted octanol–water partition coefficient (Wildman–Crippen LogP) is 2.98. The molecule has 1 saturated heterocycles. The molecule has 1 aromatic heterocycles. The number of benzene rings is 1. The van der Waals surface area contributed by atoms with Crippen molar-refractivity contribution in [2.24, 2.45) is 0 Å². The van der Waals surface area contributed by atoms with Gasteiger partial charge in [0.1, 0.15) is 17.4 Å². The lowest BCUT2D eigenvalue weighted by Crippen LogP contribution is -2.25. The molecule has 0 aliphatic carbocycles. The van der Waals surface area contributed by atoms with Crippen LogP contribution in [0.4, 0.5) is 0 Å². The molecule has 1 aromatic carbocycles. The zero-order valence-corrected chi connectivity index (χ0v) is 13.0. The van der Waals surface area contributed by atoms with Crippen LogP contribution in [-0.4, -0.2) is 47.2 Å². The van der Waals surface area contributed by atoms with Crippen LogP contribution >= 0.6 is 11.3 Å². The van der Waals surface area contributed by atoms with E-state index in [0.717, 1.165) is 17.9 Å². The minimum atomic E-state index is -0.996. The summed E-state index contributed by atoms with van der Waals surface area (Å²) in [5.41, 5.74) is 0.996. The molecule has 2 heterocycles. The molecule has 0 bridgehead atoms. The van der Waals surface area contributed by atoms with Gasteiger partial charge < -0.3 is 9.84 Å². The van der Waals surface area contributed by atoms with Crippen molar-refractivity contribution >= 4 is 17.3 Å². The topological polar surface area (TPSA) is 62.7 Å². The van der Waals surface area contributed by atoms with Crippen molar-refractivity contribution in [2.45, 2.75) is 12.8 Å². The molecule has 0 radical (unpaired) electrons. The van der Waals surface area contributed by atoms with E-state index in [1.807, 2.05) is 24.3 Å². The molecule has 3 rings (SSSR count). The summed E-state index contributed by atoms with van der Waals surface area (Å²) < 4.78 is 5.75. The molecule has 1 aliphatic rings. The molecule has 22 heavy (non-hydrogen) atoms. The summed E-state index contributed by atoms with van der Waals surface area (Å²) in [5.74, 6) is -0.165. The van der Waals surface area contributed by atoms with Gasteiger partial charge in [-0.3, -0.25) is 4.90 Å². The molecule has 1 N–H and O–H groups in total. The molecule has 0 saturated carbocycles. The quantitative estimate of drug-likeness (QED) is 0.887. The number of likely N-dealkylation sites (tertiary alicyclic amines) is 1. The number of aromatic carboxylic acids is 1. The van der Waals surface area contributed by atoms with Gasteiger partial charge in [0.15, 0.2) is 5.69 Å². The largest absolute Gasteiger partial charge is 0.492 e. The number of aromatic nitrogens is 1. The fourth-order valence-corrected chi connectivity index (χ4v) is 3.30. The lowest BCUT2D eigenvalue weighted by molar-refractivity contribution is 0.0691. The highest BCUT2D eigenvalue weighted by molar-refractivity contribution is 7.13. The van der Waals surface area contributed by atoms with E-state index in [1.54, 1.807) is 5.38 Å². The van der Waals surface area contributed by atoms with Gasteiger partial charge in [-0.25, -0.2) is 9.78 Å². The van der Waals surface area contributed by atoms with Gasteiger partial charge in [0.25, 0.3) is 0 Å². The highest BCUT2D eigenvalue weighted by Crippen LogP contribution is 2.25. The van der Waals surface area contributed by atoms with Crippen molar-refractivity contribution in [1.82, 2.24) is 9.88 Å². The standard InChI is InChI=1S/C16H18N2O3S/c19-16(20)14-11-22-15(17-14)12-3-5-13(6-4-12)21-10-9-18-7-1-2-8-18/h3-6,11H,1-2,7-10H2,(H,19,20). The third-order valence-electron chi connectivity index (χ3n) is 3.70. The van der Waals surface area contributed by atoms with Gasteiger partial charge in [0.05, 0.1) is 0 Å². The van der Waals surface area contributed by atoms with Crippen LogP contribution in [0.5, 0.6) is 5.75 Å². The Morgan fingerprint density at radius 3 is 2.64 bits per heavy atom. The van der Waals surface area contributed by atoms with Gasteiger partial charge in [-0.1, -0.05) is 0 Å². The number of carboxylic acids is 1. The summed E-state index contributed by atoms with van der Waals surface area (Å²) in [7, 11) is 0. The number of carboxylic acid groups (broad SMARTS) is 1. The normalized spacial score (nSPS) is 15.1. The second-order valence-corrected chi connectivity index (χ2v) is 6.12. The summed E-state index contributed by atoms with van der Waals surface area (Å²) in [4.78, 5) is 17.4. The molecule has 0 unspecified atom stereocenters. The predicted molar refractivity (Wildman–Crippen MR) is 85.7 cm³/mol. The first-order chi connectivity index (χ1) is 10.7. The Kier molecular flexibility index (Phi) is 4.70. The molecule has 1 fully saturated rings. The molecule has 6 heteroatoms. The van der Waals surface area contributed by atoms with Gasteiger partial charge in [-0.15, -0.1) is 11.3 Å². The number of nitrogens with zero attached hydrogens (tertiary/aromatic N) is 2. The van der Waals surface area contributed by atoms with E-state index in [-0.39, 0.29) is 5.69 Å². The van der Waals surface area contributed by atoms with E-state index in [1.165, 1.54) is 37.3 Å². The van der Waals surface area contributed by atoms with Crippen molar-refractivity contribution < 1.29 is 14.6 Å². The van der Waals surface area contributed by atoms with Crippen molar-refractivity contribution in [3.05, 3.63) is 35.3 Å². The van der Waals surface area contributed by atoms with Crippen LogP contribution in [-0.2, 0) is 0 Å². The Hall–Kier alpha value is -1.92. The van der Waals surface area contributed by atoms with Crippen LogP contribution in [0.25, 0.3) is 10.6 Å². The highest BCUT2D eigenvalue weighted by atomic mass is 32.1. The lowest BCUT2D eigenvalue weighted by atomic mass is 10.2. The van der Waals surface area contributed by atoms with Crippen molar-refractivity contribution in [2.75, 3.05) is 26.2 Å². The average molecular weight is 318 g/mol. The molecule has 1 aliphatic heterocycles. The van der Waals surface area contributed by atoms with Gasteiger partial charge in [0.2, 0.25) is 0 Å². The Balaban J connectivity index is 1.56. The second kappa shape index (κ2) is 6.89. The van der Waals surface area contributed by atoms with E-state index in [4.69, 9.17) is 9.84 Å². The zero-order chi connectivity index (χ0) is 15.4. The number of hydrogen-bond acceptors (Lipinski definition) is 5. The Labute approximate surface area is 133 Å². The highest BCUT2D eigenvalue weighted by Gasteiger charge is 2.11. The average Bonchev–Trinajstić information content (AvgIpc) is 3.19. The Morgan fingerprint density at radius 2 is 2.00 bits per heavy atom. The maximum absolute atomic E-state index is 10.8. The number of carbonyl (C=O) groups is 1. The third kappa shape index (κ3) is 3.64. The van der Waals surface area contributed by atoms with Crippen molar-refractivity contribution in [1.29, 1.82) is 0 Å². The zero-order valence-electron chi connectivity index (χ0n) is 12.2. The summed E-state index contributed by atoms with van der Waals surface area (Å²) in [5, 5.41) is 11.2. The van der Waals surface area contributed by atoms with E-state index in [2.05, 4.69) is 9.88 Å². The van der Waals surface area contributed by atoms with Crippen LogP contribution in [0.15, 0.2) is 29.6 Å². The number of thiazole rings is 1. The van der Waals surface area contributed by atoms with Gasteiger partial charge in [-0.05, 0) is 50.2 Å². The summed E-state index contributed by atoms with van der Waals surface area (Å²) in [6.07, 6.45) is 2.59. The smallest absolute Gasteiger partial charge is 0.355 e. The maximum atomic E-state index is 10.8. The number of ether oxygens (including phenoxy) is 1. The molecule has 0 spiro atoms. The van der Waals surface area contributed by atoms with E-state index in [0.29, 0.717) is 11.6 Å². The summed E-state index contributed by atoms with van der Waals surface area (Å²) in [6, 6.07) is 7.63. The van der Waals surface area contributed by atoms with Crippen LogP contribution in [0.2, 0.25) is 0 Å². The van der Waals surface area contributed by atoms with Crippen LogP contribution in [0.1, 0.15) is 23.3 Å². The minimum Gasteiger partial charge on any atom is -0.492 e. The molecule has 5 nitrogen and oxygen atoms in total.